The predicted molar refractivity (Wildman–Crippen MR) is 121 cm³/mol. The monoisotopic (exact) mass is 427 g/mol. The summed E-state index contributed by atoms with van der Waals surface area (Å²) in [5.41, 5.74) is 3.78. The molecule has 0 fully saturated rings. The van der Waals surface area contributed by atoms with Crippen LogP contribution in [0.2, 0.25) is 0 Å². The Morgan fingerprint density at radius 3 is 2.13 bits per heavy atom. The third kappa shape index (κ3) is 5.41. The summed E-state index contributed by atoms with van der Waals surface area (Å²) < 4.78 is 6.71. The molecule has 0 aliphatic carbocycles. The van der Waals surface area contributed by atoms with Gasteiger partial charge in [-0.15, -0.1) is 0 Å². The van der Waals surface area contributed by atoms with Gasteiger partial charge in [-0.1, -0.05) is 17.7 Å². The SMILES string of the molecule is CCn1c(C)c(C(=O)CN(CCN(C)C)C(=O)c2ccc(C)cc2)c(C)c1C(=O)OC. The van der Waals surface area contributed by atoms with Gasteiger partial charge in [0.2, 0.25) is 0 Å². The zero-order valence-electron chi connectivity index (χ0n) is 19.6. The van der Waals surface area contributed by atoms with Crippen molar-refractivity contribution in [3.05, 3.63) is 57.9 Å². The van der Waals surface area contributed by atoms with E-state index in [1.165, 1.54) is 7.11 Å². The molecule has 0 radical (unpaired) electrons. The van der Waals surface area contributed by atoms with Crippen molar-refractivity contribution >= 4 is 17.7 Å². The average Bonchev–Trinajstić information content (AvgIpc) is 2.99. The highest BCUT2D eigenvalue weighted by molar-refractivity contribution is 6.06. The average molecular weight is 428 g/mol. The molecular weight excluding hydrogens is 394 g/mol. The predicted octanol–water partition coefficient (Wildman–Crippen LogP) is 3.11. The van der Waals surface area contributed by atoms with Gasteiger partial charge in [-0.2, -0.15) is 0 Å². The molecule has 0 aliphatic heterocycles. The number of hydrogen-bond acceptors (Lipinski definition) is 5. The Labute approximate surface area is 184 Å². The lowest BCUT2D eigenvalue weighted by atomic mass is 10.0. The summed E-state index contributed by atoms with van der Waals surface area (Å²) in [6, 6.07) is 7.34. The van der Waals surface area contributed by atoms with Crippen molar-refractivity contribution in [1.29, 1.82) is 0 Å². The van der Waals surface area contributed by atoms with Gasteiger partial charge < -0.3 is 19.1 Å². The number of methoxy groups -OCH3 is 1. The van der Waals surface area contributed by atoms with E-state index in [1.54, 1.807) is 28.5 Å². The molecule has 0 saturated carbocycles. The molecule has 2 rings (SSSR count). The lowest BCUT2D eigenvalue weighted by molar-refractivity contribution is 0.0587. The molecule has 0 saturated heterocycles. The van der Waals surface area contributed by atoms with E-state index in [0.717, 1.165) is 5.56 Å². The summed E-state index contributed by atoms with van der Waals surface area (Å²) in [5.74, 6) is -0.845. The van der Waals surface area contributed by atoms with E-state index in [2.05, 4.69) is 0 Å². The molecule has 0 atom stereocenters. The number of carbonyl (C=O) groups is 3. The number of ketones is 1. The maximum absolute atomic E-state index is 13.4. The van der Waals surface area contributed by atoms with Crippen LogP contribution in [0.15, 0.2) is 24.3 Å². The van der Waals surface area contributed by atoms with Crippen LogP contribution in [-0.4, -0.2) is 72.9 Å². The first-order valence-electron chi connectivity index (χ1n) is 10.4. The third-order valence-corrected chi connectivity index (χ3v) is 5.48. The van der Waals surface area contributed by atoms with Crippen LogP contribution in [0.3, 0.4) is 0 Å². The number of esters is 1. The molecule has 7 nitrogen and oxygen atoms in total. The van der Waals surface area contributed by atoms with Crippen LogP contribution in [0.5, 0.6) is 0 Å². The van der Waals surface area contributed by atoms with Crippen molar-refractivity contribution in [1.82, 2.24) is 14.4 Å². The fraction of sp³-hybridized carbons (Fsp3) is 0.458. The number of amides is 1. The van der Waals surface area contributed by atoms with Gasteiger partial charge in [0.05, 0.1) is 13.7 Å². The Hall–Kier alpha value is -2.93. The summed E-state index contributed by atoms with van der Waals surface area (Å²) >= 11 is 0. The highest BCUT2D eigenvalue weighted by Crippen LogP contribution is 2.24. The van der Waals surface area contributed by atoms with Crippen molar-refractivity contribution in [3.63, 3.8) is 0 Å². The fourth-order valence-corrected chi connectivity index (χ4v) is 3.77. The highest BCUT2D eigenvalue weighted by atomic mass is 16.5. The summed E-state index contributed by atoms with van der Waals surface area (Å²) in [7, 11) is 5.18. The van der Waals surface area contributed by atoms with E-state index in [4.69, 9.17) is 4.74 Å². The second kappa shape index (κ2) is 10.4. The number of aromatic nitrogens is 1. The largest absolute Gasteiger partial charge is 0.464 e. The minimum atomic E-state index is -0.471. The molecule has 2 aromatic rings. The first kappa shape index (κ1) is 24.3. The zero-order chi connectivity index (χ0) is 23.3. The minimum Gasteiger partial charge on any atom is -0.464 e. The fourth-order valence-electron chi connectivity index (χ4n) is 3.77. The van der Waals surface area contributed by atoms with E-state index in [1.807, 2.05) is 51.9 Å². The summed E-state index contributed by atoms with van der Waals surface area (Å²) in [6.45, 7) is 8.98. The highest BCUT2D eigenvalue weighted by Gasteiger charge is 2.28. The number of nitrogens with zero attached hydrogens (tertiary/aromatic N) is 3. The second-order valence-electron chi connectivity index (χ2n) is 7.99. The Bertz CT molecular complexity index is 958. The number of hydrogen-bond donors (Lipinski definition) is 0. The number of likely N-dealkylation sites (N-methyl/N-ethyl adjacent to an activating group) is 1. The molecule has 0 N–H and O–H groups in total. The van der Waals surface area contributed by atoms with E-state index in [0.29, 0.717) is 47.7 Å². The molecule has 7 heteroatoms. The summed E-state index contributed by atoms with van der Waals surface area (Å²) in [6.07, 6.45) is 0. The molecule has 1 heterocycles. The first-order valence-corrected chi connectivity index (χ1v) is 10.4. The second-order valence-corrected chi connectivity index (χ2v) is 7.99. The van der Waals surface area contributed by atoms with E-state index in [-0.39, 0.29) is 18.2 Å². The van der Waals surface area contributed by atoms with Crippen LogP contribution in [0.25, 0.3) is 0 Å². The van der Waals surface area contributed by atoms with E-state index in [9.17, 15) is 14.4 Å². The molecule has 31 heavy (non-hydrogen) atoms. The van der Waals surface area contributed by atoms with Crippen LogP contribution >= 0.6 is 0 Å². The number of aryl methyl sites for hydroxylation is 1. The maximum atomic E-state index is 13.4. The normalized spacial score (nSPS) is 11.0. The van der Waals surface area contributed by atoms with Gasteiger partial charge in [0.25, 0.3) is 5.91 Å². The standard InChI is InChI=1S/C24H33N3O4/c1-8-27-18(4)21(17(3)22(27)24(30)31-7)20(28)15-26(14-13-25(5)6)23(29)19-11-9-16(2)10-12-19/h9-12H,8,13-15H2,1-7H3. The maximum Gasteiger partial charge on any atom is 0.354 e. The van der Waals surface area contributed by atoms with E-state index < -0.39 is 5.97 Å². The van der Waals surface area contributed by atoms with Gasteiger partial charge in [-0.3, -0.25) is 9.59 Å². The van der Waals surface area contributed by atoms with Crippen molar-refractivity contribution in [3.8, 4) is 0 Å². The van der Waals surface area contributed by atoms with Crippen molar-refractivity contribution in [2.45, 2.75) is 34.2 Å². The quantitative estimate of drug-likeness (QED) is 0.454. The third-order valence-electron chi connectivity index (χ3n) is 5.48. The molecule has 0 bridgehead atoms. The molecule has 1 aromatic carbocycles. The minimum absolute atomic E-state index is 0.0590. The number of Topliss-reactive ketones (excluding diaryl/α,β-unsaturated/α-hetero) is 1. The number of ether oxygens (including phenoxy) is 1. The van der Waals surface area contributed by atoms with Crippen LogP contribution < -0.4 is 0 Å². The lowest BCUT2D eigenvalue weighted by Crippen LogP contribution is -2.40. The Balaban J connectivity index is 2.39. The number of rotatable bonds is 9. The molecule has 168 valence electrons. The van der Waals surface area contributed by atoms with E-state index >= 15 is 0 Å². The number of carbonyl (C=O) groups excluding carboxylic acids is 3. The molecular formula is C24H33N3O4. The first-order chi connectivity index (χ1) is 14.6. The van der Waals surface area contributed by atoms with Gasteiger partial charge in [0.15, 0.2) is 5.78 Å². The summed E-state index contributed by atoms with van der Waals surface area (Å²) in [5, 5.41) is 0. The van der Waals surface area contributed by atoms with Crippen molar-refractivity contribution < 1.29 is 19.1 Å². The molecule has 0 aliphatic rings. The van der Waals surface area contributed by atoms with Crippen LogP contribution in [0.4, 0.5) is 0 Å². The van der Waals surface area contributed by atoms with Crippen molar-refractivity contribution in [2.75, 3.05) is 40.8 Å². The smallest absolute Gasteiger partial charge is 0.354 e. The zero-order valence-corrected chi connectivity index (χ0v) is 19.6. The van der Waals surface area contributed by atoms with Gasteiger partial charge >= 0.3 is 5.97 Å². The van der Waals surface area contributed by atoms with Gasteiger partial charge in [-0.05, 0) is 59.5 Å². The number of benzene rings is 1. The summed E-state index contributed by atoms with van der Waals surface area (Å²) in [4.78, 5) is 42.4. The molecule has 1 aromatic heterocycles. The van der Waals surface area contributed by atoms with Crippen molar-refractivity contribution in [2.24, 2.45) is 0 Å². The van der Waals surface area contributed by atoms with Gasteiger partial charge in [0, 0.05) is 36.5 Å². The molecule has 0 unspecified atom stereocenters. The Morgan fingerprint density at radius 2 is 1.61 bits per heavy atom. The molecule has 0 spiro atoms. The Morgan fingerprint density at radius 1 is 1.00 bits per heavy atom. The van der Waals surface area contributed by atoms with Crippen LogP contribution in [-0.2, 0) is 11.3 Å². The molecule has 1 amide bonds. The lowest BCUT2D eigenvalue weighted by Gasteiger charge is -2.24. The van der Waals surface area contributed by atoms with Crippen LogP contribution in [0, 0.1) is 20.8 Å². The van der Waals surface area contributed by atoms with Gasteiger partial charge in [0.1, 0.15) is 5.69 Å². The topological polar surface area (TPSA) is 71.9 Å². The van der Waals surface area contributed by atoms with Gasteiger partial charge in [-0.25, -0.2) is 4.79 Å². The van der Waals surface area contributed by atoms with Crippen LogP contribution in [0.1, 0.15) is 54.9 Å². The Kier molecular flexibility index (Phi) is 8.16.